The molecule has 6 heteroatoms. The van der Waals surface area contributed by atoms with Gasteiger partial charge in [0.05, 0.1) is 12.1 Å². The predicted octanol–water partition coefficient (Wildman–Crippen LogP) is 1.79. The highest BCUT2D eigenvalue weighted by Crippen LogP contribution is 2.22. The van der Waals surface area contributed by atoms with Crippen molar-refractivity contribution in [1.29, 1.82) is 0 Å². The highest BCUT2D eigenvalue weighted by molar-refractivity contribution is 5.76. The molecule has 0 spiro atoms. The molecule has 0 bridgehead atoms. The molecule has 2 aliphatic rings. The van der Waals surface area contributed by atoms with Crippen molar-refractivity contribution in [2.75, 3.05) is 19.7 Å². The monoisotopic (exact) mass is 292 g/mol. The van der Waals surface area contributed by atoms with E-state index < -0.39 is 0 Å². The second kappa shape index (κ2) is 7.02. The van der Waals surface area contributed by atoms with Crippen LogP contribution < -0.4 is 0 Å². The molecule has 1 amide bonds. The summed E-state index contributed by atoms with van der Waals surface area (Å²) >= 11 is 0. The molecule has 0 radical (unpaired) electrons. The Bertz CT molecular complexity index is 443. The summed E-state index contributed by atoms with van der Waals surface area (Å²) in [6, 6.07) is 0.274. The molecule has 0 aromatic carbocycles. The number of ether oxygens (including phenoxy) is 1. The summed E-state index contributed by atoms with van der Waals surface area (Å²) in [7, 11) is 0. The Hall–Kier alpha value is -1.43. The Morgan fingerprint density at radius 2 is 2.24 bits per heavy atom. The Kier molecular flexibility index (Phi) is 4.85. The van der Waals surface area contributed by atoms with Crippen LogP contribution in [0.25, 0.3) is 0 Å². The number of piperidine rings is 1. The molecule has 0 N–H and O–H groups in total. The van der Waals surface area contributed by atoms with E-state index in [0.29, 0.717) is 12.5 Å². The van der Waals surface area contributed by atoms with Crippen LogP contribution in [0.15, 0.2) is 12.7 Å². The van der Waals surface area contributed by atoms with Crippen molar-refractivity contribution in [2.24, 2.45) is 0 Å². The average Bonchev–Trinajstić information content (AvgIpc) is 3.08. The van der Waals surface area contributed by atoms with Crippen LogP contribution in [0.1, 0.15) is 51.0 Å². The molecular formula is C15H24N4O2. The third kappa shape index (κ3) is 3.81. The van der Waals surface area contributed by atoms with Gasteiger partial charge in [0.25, 0.3) is 0 Å². The van der Waals surface area contributed by atoms with Gasteiger partial charge >= 0.3 is 0 Å². The van der Waals surface area contributed by atoms with Gasteiger partial charge < -0.3 is 9.64 Å². The lowest BCUT2D eigenvalue weighted by molar-refractivity contribution is -0.134. The zero-order valence-corrected chi connectivity index (χ0v) is 12.5. The first kappa shape index (κ1) is 14.5. The van der Waals surface area contributed by atoms with Crippen molar-refractivity contribution in [3.05, 3.63) is 12.7 Å². The summed E-state index contributed by atoms with van der Waals surface area (Å²) in [4.78, 5) is 18.4. The zero-order chi connectivity index (χ0) is 14.5. The molecule has 2 saturated heterocycles. The van der Waals surface area contributed by atoms with Gasteiger partial charge in [-0.25, -0.2) is 9.67 Å². The number of aromatic nitrogens is 3. The van der Waals surface area contributed by atoms with E-state index in [1.807, 2.05) is 9.58 Å². The van der Waals surface area contributed by atoms with Gasteiger partial charge in [0.15, 0.2) is 0 Å². The summed E-state index contributed by atoms with van der Waals surface area (Å²) in [5.74, 6) is 0.258. The summed E-state index contributed by atoms with van der Waals surface area (Å²) in [6.07, 6.45) is 10.7. The average molecular weight is 292 g/mol. The maximum Gasteiger partial charge on any atom is 0.222 e. The van der Waals surface area contributed by atoms with Crippen LogP contribution in [0.3, 0.4) is 0 Å². The van der Waals surface area contributed by atoms with Crippen molar-refractivity contribution in [1.82, 2.24) is 19.7 Å². The highest BCUT2D eigenvalue weighted by Gasteiger charge is 2.25. The Balaban J connectivity index is 1.47. The van der Waals surface area contributed by atoms with Crippen molar-refractivity contribution in [3.8, 4) is 0 Å². The molecule has 2 unspecified atom stereocenters. The molecule has 0 saturated carbocycles. The number of nitrogens with zero attached hydrogens (tertiary/aromatic N) is 4. The number of likely N-dealkylation sites (tertiary alicyclic amines) is 1. The van der Waals surface area contributed by atoms with E-state index in [-0.39, 0.29) is 11.9 Å². The third-order valence-corrected chi connectivity index (χ3v) is 4.51. The quantitative estimate of drug-likeness (QED) is 0.849. The lowest BCUT2D eigenvalue weighted by Crippen LogP contribution is -2.41. The van der Waals surface area contributed by atoms with Crippen molar-refractivity contribution in [2.45, 2.75) is 57.1 Å². The van der Waals surface area contributed by atoms with E-state index in [0.717, 1.165) is 51.8 Å². The second-order valence-electron chi connectivity index (χ2n) is 6.04. The first-order valence-corrected chi connectivity index (χ1v) is 8.06. The van der Waals surface area contributed by atoms with Crippen molar-refractivity contribution < 1.29 is 9.53 Å². The molecule has 2 aliphatic heterocycles. The minimum Gasteiger partial charge on any atom is -0.378 e. The number of hydrogen-bond acceptors (Lipinski definition) is 4. The smallest absolute Gasteiger partial charge is 0.222 e. The third-order valence-electron chi connectivity index (χ3n) is 4.51. The molecule has 2 fully saturated rings. The molecule has 116 valence electrons. The summed E-state index contributed by atoms with van der Waals surface area (Å²) in [6.45, 7) is 2.49. The highest BCUT2D eigenvalue weighted by atomic mass is 16.5. The lowest BCUT2D eigenvalue weighted by Gasteiger charge is -2.33. The standard InChI is InChI=1S/C15H24N4O2/c20-15(7-6-14-5-1-2-9-21-14)18-8-3-4-13(10-18)19-12-16-11-17-19/h11-14H,1-10H2. The Labute approximate surface area is 125 Å². The largest absolute Gasteiger partial charge is 0.378 e. The molecule has 21 heavy (non-hydrogen) atoms. The van der Waals surface area contributed by atoms with E-state index in [9.17, 15) is 4.79 Å². The van der Waals surface area contributed by atoms with Gasteiger partial charge in [0, 0.05) is 26.1 Å². The van der Waals surface area contributed by atoms with Crippen molar-refractivity contribution in [3.63, 3.8) is 0 Å². The normalized spacial score (nSPS) is 26.8. The molecule has 0 aliphatic carbocycles. The number of hydrogen-bond donors (Lipinski definition) is 0. The fourth-order valence-corrected chi connectivity index (χ4v) is 3.28. The Morgan fingerprint density at radius 3 is 3.00 bits per heavy atom. The summed E-state index contributed by atoms with van der Waals surface area (Å²) in [5.41, 5.74) is 0. The van der Waals surface area contributed by atoms with Crippen LogP contribution in [-0.2, 0) is 9.53 Å². The van der Waals surface area contributed by atoms with E-state index in [1.54, 1.807) is 12.7 Å². The minimum absolute atomic E-state index is 0.258. The maximum atomic E-state index is 12.4. The lowest BCUT2D eigenvalue weighted by atomic mass is 10.0. The van der Waals surface area contributed by atoms with E-state index >= 15 is 0 Å². The fourth-order valence-electron chi connectivity index (χ4n) is 3.28. The summed E-state index contributed by atoms with van der Waals surface area (Å²) in [5, 5.41) is 4.20. The van der Waals surface area contributed by atoms with Crippen LogP contribution in [0.2, 0.25) is 0 Å². The number of carbonyl (C=O) groups excluding carboxylic acids is 1. The van der Waals surface area contributed by atoms with Gasteiger partial charge in [-0.05, 0) is 38.5 Å². The van der Waals surface area contributed by atoms with Gasteiger partial charge in [-0.15, -0.1) is 0 Å². The van der Waals surface area contributed by atoms with E-state index in [2.05, 4.69) is 10.1 Å². The van der Waals surface area contributed by atoms with Gasteiger partial charge in [-0.2, -0.15) is 5.10 Å². The molecule has 3 rings (SSSR count). The van der Waals surface area contributed by atoms with Crippen LogP contribution >= 0.6 is 0 Å². The van der Waals surface area contributed by atoms with Crippen LogP contribution in [0, 0.1) is 0 Å². The van der Waals surface area contributed by atoms with Gasteiger partial charge in [0.2, 0.25) is 5.91 Å². The zero-order valence-electron chi connectivity index (χ0n) is 12.5. The molecular weight excluding hydrogens is 268 g/mol. The SMILES string of the molecule is O=C(CCC1CCCCO1)N1CCCC(n2cncn2)C1. The second-order valence-corrected chi connectivity index (χ2v) is 6.04. The van der Waals surface area contributed by atoms with E-state index in [1.165, 1.54) is 6.42 Å². The number of carbonyl (C=O) groups is 1. The Morgan fingerprint density at radius 1 is 1.29 bits per heavy atom. The molecule has 1 aromatic heterocycles. The van der Waals surface area contributed by atoms with Gasteiger partial charge in [-0.1, -0.05) is 0 Å². The molecule has 1 aromatic rings. The van der Waals surface area contributed by atoms with Crippen molar-refractivity contribution >= 4 is 5.91 Å². The first-order chi connectivity index (χ1) is 10.3. The van der Waals surface area contributed by atoms with Crippen LogP contribution in [-0.4, -0.2) is 51.4 Å². The molecule has 2 atom stereocenters. The minimum atomic E-state index is 0.258. The summed E-state index contributed by atoms with van der Waals surface area (Å²) < 4.78 is 7.58. The number of rotatable bonds is 4. The van der Waals surface area contributed by atoms with Gasteiger partial charge in [-0.3, -0.25) is 4.79 Å². The first-order valence-electron chi connectivity index (χ1n) is 8.06. The predicted molar refractivity (Wildman–Crippen MR) is 77.7 cm³/mol. The topological polar surface area (TPSA) is 60.2 Å². The van der Waals surface area contributed by atoms with Crippen LogP contribution in [0.4, 0.5) is 0 Å². The fraction of sp³-hybridized carbons (Fsp3) is 0.800. The molecule has 6 nitrogen and oxygen atoms in total. The number of amides is 1. The maximum absolute atomic E-state index is 12.4. The van der Waals surface area contributed by atoms with Gasteiger partial charge in [0.1, 0.15) is 12.7 Å². The molecule has 3 heterocycles. The van der Waals surface area contributed by atoms with Crippen LogP contribution in [0.5, 0.6) is 0 Å². The van der Waals surface area contributed by atoms with E-state index in [4.69, 9.17) is 4.74 Å².